The zero-order valence-electron chi connectivity index (χ0n) is 10.9. The fourth-order valence-electron chi connectivity index (χ4n) is 1.44. The number of likely N-dealkylation sites (N-methyl/N-ethyl adjacent to an activating group) is 1. The first-order valence-corrected chi connectivity index (χ1v) is 5.59. The molecule has 96 valence electrons. The Kier molecular flexibility index (Phi) is 4.31. The van der Waals surface area contributed by atoms with Crippen molar-refractivity contribution in [1.29, 1.82) is 0 Å². The number of nitrogens with zero attached hydrogens (tertiary/aromatic N) is 1. The van der Waals surface area contributed by atoms with Crippen molar-refractivity contribution >= 4 is 5.91 Å². The molecule has 0 bridgehead atoms. The lowest BCUT2D eigenvalue weighted by Crippen LogP contribution is -2.50. The summed E-state index contributed by atoms with van der Waals surface area (Å²) < 4.78 is 5.35. The molecule has 1 rings (SSSR count). The maximum atomic E-state index is 11.7. The number of rotatable bonds is 5. The molecule has 0 aliphatic rings. The molecule has 5 heteroatoms. The van der Waals surface area contributed by atoms with Gasteiger partial charge in [-0.3, -0.25) is 9.69 Å². The third kappa shape index (κ3) is 3.87. The van der Waals surface area contributed by atoms with Gasteiger partial charge in [0.05, 0.1) is 17.8 Å². The molecule has 17 heavy (non-hydrogen) atoms. The Hall–Kier alpha value is -1.33. The molecule has 0 fully saturated rings. The van der Waals surface area contributed by atoms with Gasteiger partial charge in [0.2, 0.25) is 5.91 Å². The monoisotopic (exact) mass is 239 g/mol. The van der Waals surface area contributed by atoms with Gasteiger partial charge in [-0.1, -0.05) is 0 Å². The van der Waals surface area contributed by atoms with E-state index in [2.05, 4.69) is 5.32 Å². The predicted octanol–water partition coefficient (Wildman–Crippen LogP) is 0.736. The maximum absolute atomic E-state index is 11.7. The van der Waals surface area contributed by atoms with Gasteiger partial charge >= 0.3 is 0 Å². The van der Waals surface area contributed by atoms with Crippen LogP contribution in [0.5, 0.6) is 0 Å². The average Bonchev–Trinajstić information content (AvgIpc) is 2.69. The van der Waals surface area contributed by atoms with Crippen molar-refractivity contribution in [1.82, 2.24) is 10.2 Å². The van der Waals surface area contributed by atoms with Crippen LogP contribution in [0.4, 0.5) is 0 Å². The van der Waals surface area contributed by atoms with Crippen LogP contribution < -0.4 is 11.1 Å². The van der Waals surface area contributed by atoms with Crippen LogP contribution in [-0.4, -0.2) is 37.0 Å². The number of nitrogens with one attached hydrogen (secondary N) is 1. The normalized spacial score (nSPS) is 13.8. The highest BCUT2D eigenvalue weighted by atomic mass is 16.3. The molecule has 1 amide bonds. The Labute approximate surface area is 102 Å². The topological polar surface area (TPSA) is 71.5 Å². The summed E-state index contributed by atoms with van der Waals surface area (Å²) in [6.07, 6.45) is 1.63. The molecule has 0 aliphatic carbocycles. The van der Waals surface area contributed by atoms with E-state index in [0.29, 0.717) is 6.54 Å². The first-order chi connectivity index (χ1) is 7.82. The first kappa shape index (κ1) is 13.7. The number of nitrogens with two attached hydrogens (primary N) is 1. The van der Waals surface area contributed by atoms with Gasteiger partial charge in [-0.2, -0.15) is 0 Å². The Morgan fingerprint density at radius 1 is 1.59 bits per heavy atom. The molecule has 0 aromatic carbocycles. The summed E-state index contributed by atoms with van der Waals surface area (Å²) in [7, 11) is 3.87. The van der Waals surface area contributed by atoms with Gasteiger partial charge < -0.3 is 15.5 Å². The van der Waals surface area contributed by atoms with Crippen LogP contribution in [0.25, 0.3) is 0 Å². The number of amides is 1. The lowest BCUT2D eigenvalue weighted by atomic mass is 10.1. The molecule has 3 N–H and O–H groups in total. The largest absolute Gasteiger partial charge is 0.468 e. The summed E-state index contributed by atoms with van der Waals surface area (Å²) in [5.41, 5.74) is 4.85. The fourth-order valence-corrected chi connectivity index (χ4v) is 1.44. The van der Waals surface area contributed by atoms with Gasteiger partial charge in [-0.25, -0.2) is 0 Å². The molecule has 1 aromatic heterocycles. The minimum absolute atomic E-state index is 0.0105. The van der Waals surface area contributed by atoms with E-state index in [4.69, 9.17) is 10.2 Å². The smallest absolute Gasteiger partial charge is 0.239 e. The van der Waals surface area contributed by atoms with Crippen LogP contribution in [0.1, 0.15) is 25.6 Å². The summed E-state index contributed by atoms with van der Waals surface area (Å²) in [6, 6.07) is 3.74. The molecule has 0 saturated heterocycles. The number of hydrogen-bond donors (Lipinski definition) is 2. The van der Waals surface area contributed by atoms with Gasteiger partial charge in [-0.05, 0) is 40.1 Å². The van der Waals surface area contributed by atoms with Crippen molar-refractivity contribution in [3.8, 4) is 0 Å². The third-order valence-corrected chi connectivity index (χ3v) is 2.54. The molecule has 0 spiro atoms. The van der Waals surface area contributed by atoms with E-state index in [1.165, 1.54) is 0 Å². The Balaban J connectivity index is 2.61. The van der Waals surface area contributed by atoms with Crippen LogP contribution in [0.2, 0.25) is 0 Å². The molecular weight excluding hydrogens is 218 g/mol. The highest BCUT2D eigenvalue weighted by Gasteiger charge is 2.24. The summed E-state index contributed by atoms with van der Waals surface area (Å²) >= 11 is 0. The summed E-state index contributed by atoms with van der Waals surface area (Å²) in [4.78, 5) is 13.7. The van der Waals surface area contributed by atoms with Crippen molar-refractivity contribution in [3.63, 3.8) is 0 Å². The first-order valence-electron chi connectivity index (χ1n) is 5.59. The third-order valence-electron chi connectivity index (χ3n) is 2.54. The van der Waals surface area contributed by atoms with Gasteiger partial charge in [0.25, 0.3) is 0 Å². The van der Waals surface area contributed by atoms with Crippen molar-refractivity contribution in [2.24, 2.45) is 5.73 Å². The van der Waals surface area contributed by atoms with E-state index in [9.17, 15) is 4.79 Å². The predicted molar refractivity (Wildman–Crippen MR) is 66.4 cm³/mol. The maximum Gasteiger partial charge on any atom is 0.239 e. The molecule has 1 aromatic rings. The molecule has 5 nitrogen and oxygen atoms in total. The van der Waals surface area contributed by atoms with Crippen LogP contribution >= 0.6 is 0 Å². The summed E-state index contributed by atoms with van der Waals surface area (Å²) in [5, 5.41) is 2.83. The highest BCUT2D eigenvalue weighted by molar-refractivity contribution is 5.85. The fraction of sp³-hybridized carbons (Fsp3) is 0.583. The molecule has 0 aliphatic heterocycles. The lowest BCUT2D eigenvalue weighted by molar-refractivity contribution is -0.125. The summed E-state index contributed by atoms with van der Waals surface area (Å²) in [6.45, 7) is 3.83. The van der Waals surface area contributed by atoms with Crippen molar-refractivity contribution in [2.45, 2.75) is 25.4 Å². The van der Waals surface area contributed by atoms with Crippen molar-refractivity contribution in [3.05, 3.63) is 24.2 Å². The highest BCUT2D eigenvalue weighted by Crippen LogP contribution is 2.17. The second kappa shape index (κ2) is 5.33. The lowest BCUT2D eigenvalue weighted by Gasteiger charge is -2.25. The Bertz CT molecular complexity index is 352. The van der Waals surface area contributed by atoms with E-state index in [1.54, 1.807) is 20.1 Å². The SMILES string of the molecule is CN(C)C(CNC(=O)C(C)(C)N)c1ccco1. The van der Waals surface area contributed by atoms with E-state index < -0.39 is 5.54 Å². The van der Waals surface area contributed by atoms with Crippen LogP contribution in [0.3, 0.4) is 0 Å². The van der Waals surface area contributed by atoms with Crippen molar-refractivity contribution in [2.75, 3.05) is 20.6 Å². The number of carbonyl (C=O) groups is 1. The van der Waals surface area contributed by atoms with Crippen LogP contribution in [-0.2, 0) is 4.79 Å². The number of hydrogen-bond acceptors (Lipinski definition) is 4. The minimum Gasteiger partial charge on any atom is -0.468 e. The van der Waals surface area contributed by atoms with Gasteiger partial charge in [0.15, 0.2) is 0 Å². The van der Waals surface area contributed by atoms with E-state index in [1.807, 2.05) is 31.1 Å². The Morgan fingerprint density at radius 3 is 2.65 bits per heavy atom. The second-order valence-corrected chi connectivity index (χ2v) is 4.93. The second-order valence-electron chi connectivity index (χ2n) is 4.93. The van der Waals surface area contributed by atoms with Gasteiger partial charge in [0, 0.05) is 6.54 Å². The zero-order valence-corrected chi connectivity index (χ0v) is 10.9. The number of carbonyl (C=O) groups excluding carboxylic acids is 1. The molecular formula is C12H21N3O2. The van der Waals surface area contributed by atoms with Crippen LogP contribution in [0, 0.1) is 0 Å². The quantitative estimate of drug-likeness (QED) is 0.795. The molecule has 0 radical (unpaired) electrons. The van der Waals surface area contributed by atoms with E-state index in [0.717, 1.165) is 5.76 Å². The molecule has 1 atom stereocenters. The van der Waals surface area contributed by atoms with E-state index >= 15 is 0 Å². The van der Waals surface area contributed by atoms with Crippen molar-refractivity contribution < 1.29 is 9.21 Å². The molecule has 1 heterocycles. The minimum atomic E-state index is -0.861. The Morgan fingerprint density at radius 2 is 2.24 bits per heavy atom. The van der Waals surface area contributed by atoms with Crippen LogP contribution in [0.15, 0.2) is 22.8 Å². The molecule has 1 unspecified atom stereocenters. The van der Waals surface area contributed by atoms with E-state index in [-0.39, 0.29) is 11.9 Å². The molecule has 0 saturated carbocycles. The standard InChI is InChI=1S/C12H21N3O2/c1-12(2,13)11(16)14-8-9(15(3)4)10-6-5-7-17-10/h5-7,9H,8,13H2,1-4H3,(H,14,16). The summed E-state index contributed by atoms with van der Waals surface area (Å²) in [5.74, 6) is 0.654. The van der Waals surface area contributed by atoms with Gasteiger partial charge in [-0.15, -0.1) is 0 Å². The average molecular weight is 239 g/mol. The number of furan rings is 1. The zero-order chi connectivity index (χ0) is 13.1. The van der Waals surface area contributed by atoms with Gasteiger partial charge in [0.1, 0.15) is 5.76 Å².